The van der Waals surface area contributed by atoms with E-state index in [-0.39, 0.29) is 0 Å². The van der Waals surface area contributed by atoms with Crippen molar-refractivity contribution in [1.29, 1.82) is 0 Å². The maximum Gasteiger partial charge on any atom is 0.248 e. The van der Waals surface area contributed by atoms with Gasteiger partial charge in [-0.1, -0.05) is 26.0 Å². The Hall–Kier alpha value is -2.34. The van der Waals surface area contributed by atoms with Crippen LogP contribution in [0, 0.1) is 0 Å². The van der Waals surface area contributed by atoms with E-state index in [1.54, 1.807) is 0 Å². The molecule has 1 aliphatic heterocycles. The van der Waals surface area contributed by atoms with Crippen molar-refractivity contribution >= 4 is 11.5 Å². The minimum atomic E-state index is 0.388. The van der Waals surface area contributed by atoms with E-state index < -0.39 is 0 Å². The second-order valence-corrected chi connectivity index (χ2v) is 5.84. The summed E-state index contributed by atoms with van der Waals surface area (Å²) >= 11 is 0. The van der Waals surface area contributed by atoms with Crippen LogP contribution in [-0.4, -0.2) is 36.3 Å². The molecule has 6 nitrogen and oxygen atoms in total. The number of hydrogen-bond acceptors (Lipinski definition) is 6. The van der Waals surface area contributed by atoms with E-state index in [0.717, 1.165) is 13.1 Å². The monoisotopic (exact) mass is 314 g/mol. The van der Waals surface area contributed by atoms with Crippen molar-refractivity contribution in [2.75, 3.05) is 36.9 Å². The highest BCUT2D eigenvalue weighted by Crippen LogP contribution is 2.32. The highest BCUT2D eigenvalue weighted by atomic mass is 16.5. The maximum absolute atomic E-state index is 6.21. The van der Waals surface area contributed by atoms with Crippen LogP contribution in [0.25, 0.3) is 0 Å². The van der Waals surface area contributed by atoms with Gasteiger partial charge in [-0.05, 0) is 23.6 Å². The third kappa shape index (κ3) is 3.53. The van der Waals surface area contributed by atoms with Crippen molar-refractivity contribution in [3.05, 3.63) is 36.2 Å². The first-order valence-corrected chi connectivity index (χ1v) is 7.86. The molecule has 0 spiro atoms. The van der Waals surface area contributed by atoms with E-state index in [4.69, 9.17) is 15.2 Å². The zero-order valence-electron chi connectivity index (χ0n) is 13.5. The molecule has 23 heavy (non-hydrogen) atoms. The first-order chi connectivity index (χ1) is 11.1. The van der Waals surface area contributed by atoms with Gasteiger partial charge in [0.05, 0.1) is 13.2 Å². The lowest BCUT2D eigenvalue weighted by Gasteiger charge is -2.28. The number of aromatic nitrogens is 2. The van der Waals surface area contributed by atoms with Crippen LogP contribution in [0.5, 0.6) is 11.6 Å². The lowest BCUT2D eigenvalue weighted by Crippen LogP contribution is -2.37. The number of anilines is 2. The summed E-state index contributed by atoms with van der Waals surface area (Å²) < 4.78 is 11.2. The quantitative estimate of drug-likeness (QED) is 0.935. The molecule has 2 N–H and O–H groups in total. The van der Waals surface area contributed by atoms with E-state index >= 15 is 0 Å². The summed E-state index contributed by atoms with van der Waals surface area (Å²) in [6, 6.07) is 7.98. The van der Waals surface area contributed by atoms with Gasteiger partial charge in [-0.3, -0.25) is 0 Å². The average Bonchev–Trinajstić information content (AvgIpc) is 2.58. The molecule has 1 aromatic heterocycles. The molecule has 1 aromatic carbocycles. The Morgan fingerprint density at radius 1 is 1.13 bits per heavy atom. The lowest BCUT2D eigenvalue weighted by atomic mass is 10.0. The zero-order valence-corrected chi connectivity index (χ0v) is 13.5. The first kappa shape index (κ1) is 15.6. The van der Waals surface area contributed by atoms with E-state index in [0.29, 0.717) is 42.3 Å². The number of hydrogen-bond donors (Lipinski definition) is 1. The SMILES string of the molecule is CC(C)c1ccc(Oc2ncnc(N3CCOCC3)c2N)cc1. The Bertz CT molecular complexity index is 652. The molecule has 3 rings (SSSR count). The largest absolute Gasteiger partial charge is 0.437 e. The fourth-order valence-corrected chi connectivity index (χ4v) is 2.51. The molecule has 0 bridgehead atoms. The Morgan fingerprint density at radius 2 is 1.83 bits per heavy atom. The van der Waals surface area contributed by atoms with Crippen LogP contribution < -0.4 is 15.4 Å². The van der Waals surface area contributed by atoms with Crippen molar-refractivity contribution in [2.24, 2.45) is 0 Å². The Balaban J connectivity index is 1.80. The van der Waals surface area contributed by atoms with Gasteiger partial charge in [-0.2, -0.15) is 4.98 Å². The standard InChI is InChI=1S/C17H22N4O2/c1-12(2)13-3-5-14(6-4-13)23-17-15(18)16(19-11-20-17)21-7-9-22-10-8-21/h3-6,11-12H,7-10,18H2,1-2H3. The number of ether oxygens (including phenoxy) is 2. The molecule has 0 aliphatic carbocycles. The van der Waals surface area contributed by atoms with E-state index in [1.807, 2.05) is 12.1 Å². The number of nitrogens with zero attached hydrogens (tertiary/aromatic N) is 3. The maximum atomic E-state index is 6.21. The number of benzene rings is 1. The number of rotatable bonds is 4. The Morgan fingerprint density at radius 3 is 2.48 bits per heavy atom. The number of nitrogens with two attached hydrogens (primary N) is 1. The second kappa shape index (κ2) is 6.83. The van der Waals surface area contributed by atoms with Gasteiger partial charge in [0.15, 0.2) is 5.82 Å². The van der Waals surface area contributed by atoms with Crippen LogP contribution in [-0.2, 0) is 4.74 Å². The molecular weight excluding hydrogens is 292 g/mol. The van der Waals surface area contributed by atoms with Gasteiger partial charge in [0.25, 0.3) is 0 Å². The third-order valence-electron chi connectivity index (χ3n) is 3.90. The predicted octanol–water partition coefficient (Wildman–Crippen LogP) is 2.81. The van der Waals surface area contributed by atoms with Crippen LogP contribution in [0.4, 0.5) is 11.5 Å². The summed E-state index contributed by atoms with van der Waals surface area (Å²) in [4.78, 5) is 10.6. The highest BCUT2D eigenvalue weighted by molar-refractivity contribution is 5.68. The van der Waals surface area contributed by atoms with Crippen LogP contribution in [0.1, 0.15) is 25.3 Å². The average molecular weight is 314 g/mol. The Labute approximate surface area is 136 Å². The van der Waals surface area contributed by atoms with Crippen molar-refractivity contribution < 1.29 is 9.47 Å². The minimum absolute atomic E-state index is 0.388. The summed E-state index contributed by atoms with van der Waals surface area (Å²) in [6.45, 7) is 7.21. The summed E-state index contributed by atoms with van der Waals surface area (Å²) in [5.41, 5.74) is 7.93. The van der Waals surface area contributed by atoms with Gasteiger partial charge in [0.1, 0.15) is 17.8 Å². The zero-order chi connectivity index (χ0) is 16.2. The smallest absolute Gasteiger partial charge is 0.248 e. The molecule has 2 heterocycles. The van der Waals surface area contributed by atoms with Gasteiger partial charge in [0, 0.05) is 13.1 Å². The molecule has 1 fully saturated rings. The summed E-state index contributed by atoms with van der Waals surface area (Å²) in [6.07, 6.45) is 1.49. The molecule has 0 saturated carbocycles. The van der Waals surface area contributed by atoms with Gasteiger partial charge >= 0.3 is 0 Å². The molecule has 1 aliphatic rings. The topological polar surface area (TPSA) is 73.5 Å². The molecule has 0 atom stereocenters. The summed E-state index contributed by atoms with van der Waals surface area (Å²) in [5.74, 6) is 2.30. The normalized spacial score (nSPS) is 15.0. The number of morpholine rings is 1. The predicted molar refractivity (Wildman–Crippen MR) is 90.1 cm³/mol. The summed E-state index contributed by atoms with van der Waals surface area (Å²) in [5, 5.41) is 0. The molecule has 2 aromatic rings. The van der Waals surface area contributed by atoms with Crippen LogP contribution in [0.15, 0.2) is 30.6 Å². The number of nitrogen functional groups attached to an aromatic ring is 1. The van der Waals surface area contributed by atoms with Gasteiger partial charge in [0.2, 0.25) is 5.88 Å². The van der Waals surface area contributed by atoms with E-state index in [9.17, 15) is 0 Å². The third-order valence-corrected chi connectivity index (χ3v) is 3.90. The summed E-state index contributed by atoms with van der Waals surface area (Å²) in [7, 11) is 0. The van der Waals surface area contributed by atoms with Gasteiger partial charge < -0.3 is 20.1 Å². The molecular formula is C17H22N4O2. The molecule has 0 radical (unpaired) electrons. The molecule has 0 amide bonds. The first-order valence-electron chi connectivity index (χ1n) is 7.86. The minimum Gasteiger partial charge on any atom is -0.437 e. The highest BCUT2D eigenvalue weighted by Gasteiger charge is 2.18. The van der Waals surface area contributed by atoms with Crippen LogP contribution in [0.2, 0.25) is 0 Å². The van der Waals surface area contributed by atoms with E-state index in [1.165, 1.54) is 11.9 Å². The van der Waals surface area contributed by atoms with Crippen molar-refractivity contribution in [2.45, 2.75) is 19.8 Å². The van der Waals surface area contributed by atoms with Crippen molar-refractivity contribution in [3.63, 3.8) is 0 Å². The van der Waals surface area contributed by atoms with Crippen LogP contribution >= 0.6 is 0 Å². The molecule has 6 heteroatoms. The van der Waals surface area contributed by atoms with Gasteiger partial charge in [-0.25, -0.2) is 4.98 Å². The van der Waals surface area contributed by atoms with Crippen molar-refractivity contribution in [3.8, 4) is 11.6 Å². The fraction of sp³-hybridized carbons (Fsp3) is 0.412. The fourth-order valence-electron chi connectivity index (χ4n) is 2.51. The van der Waals surface area contributed by atoms with Gasteiger partial charge in [-0.15, -0.1) is 0 Å². The lowest BCUT2D eigenvalue weighted by molar-refractivity contribution is 0.122. The molecule has 0 unspecified atom stereocenters. The van der Waals surface area contributed by atoms with Crippen molar-refractivity contribution in [1.82, 2.24) is 9.97 Å². The molecule has 122 valence electrons. The Kier molecular flexibility index (Phi) is 4.62. The van der Waals surface area contributed by atoms with E-state index in [2.05, 4.69) is 40.8 Å². The molecule has 1 saturated heterocycles. The van der Waals surface area contributed by atoms with Crippen LogP contribution in [0.3, 0.4) is 0 Å². The second-order valence-electron chi connectivity index (χ2n) is 5.84.